The minimum Gasteiger partial charge on any atom is -0.493 e. The Morgan fingerprint density at radius 3 is 2.50 bits per heavy atom. The first kappa shape index (κ1) is 27.2. The van der Waals surface area contributed by atoms with Crippen molar-refractivity contribution < 1.29 is 4.74 Å². The smallest absolute Gasteiger partial charge is 0.191 e. The van der Waals surface area contributed by atoms with Crippen molar-refractivity contribution in [2.45, 2.75) is 47.1 Å². The molecular formula is C25H44IN5O. The number of piperazine rings is 1. The molecule has 1 aromatic rings. The molecule has 2 aliphatic rings. The third-order valence-electron chi connectivity index (χ3n) is 6.25. The summed E-state index contributed by atoms with van der Waals surface area (Å²) in [5.41, 5.74) is 2.39. The summed E-state index contributed by atoms with van der Waals surface area (Å²) in [5.74, 6) is 3.21. The van der Waals surface area contributed by atoms with Crippen LogP contribution in [-0.4, -0.2) is 74.7 Å². The van der Waals surface area contributed by atoms with E-state index in [0.29, 0.717) is 12.5 Å². The number of benzene rings is 1. The second kappa shape index (κ2) is 14.3. The molecule has 182 valence electrons. The highest BCUT2D eigenvalue weighted by Crippen LogP contribution is 2.31. The number of hydrogen-bond donors (Lipinski definition) is 2. The maximum Gasteiger partial charge on any atom is 0.191 e. The van der Waals surface area contributed by atoms with Gasteiger partial charge in [-0.15, -0.1) is 24.0 Å². The molecule has 2 fully saturated rings. The van der Waals surface area contributed by atoms with Crippen LogP contribution in [0, 0.1) is 18.8 Å². The minimum absolute atomic E-state index is 0. The third-order valence-corrected chi connectivity index (χ3v) is 6.25. The largest absolute Gasteiger partial charge is 0.493 e. The molecule has 0 amide bonds. The summed E-state index contributed by atoms with van der Waals surface area (Å²) < 4.78 is 6.11. The van der Waals surface area contributed by atoms with Crippen molar-refractivity contribution in [2.24, 2.45) is 16.8 Å². The molecule has 1 saturated carbocycles. The van der Waals surface area contributed by atoms with E-state index in [1.807, 2.05) is 0 Å². The highest BCUT2D eigenvalue weighted by molar-refractivity contribution is 14.0. The predicted octanol–water partition coefficient (Wildman–Crippen LogP) is 3.73. The topological polar surface area (TPSA) is 52.1 Å². The third kappa shape index (κ3) is 9.43. The van der Waals surface area contributed by atoms with E-state index < -0.39 is 0 Å². The molecule has 1 atom stereocenters. The van der Waals surface area contributed by atoms with Crippen molar-refractivity contribution in [3.63, 3.8) is 0 Å². The molecule has 0 bridgehead atoms. The molecule has 1 aromatic carbocycles. The van der Waals surface area contributed by atoms with Crippen molar-refractivity contribution in [1.82, 2.24) is 20.4 Å². The number of hydrogen-bond acceptors (Lipinski definition) is 4. The Morgan fingerprint density at radius 2 is 1.84 bits per heavy atom. The summed E-state index contributed by atoms with van der Waals surface area (Å²) in [7, 11) is 0. The van der Waals surface area contributed by atoms with Crippen LogP contribution in [0.3, 0.4) is 0 Å². The lowest BCUT2D eigenvalue weighted by Gasteiger charge is -2.35. The van der Waals surface area contributed by atoms with Gasteiger partial charge >= 0.3 is 0 Å². The van der Waals surface area contributed by atoms with Gasteiger partial charge in [0.1, 0.15) is 5.75 Å². The SMILES string of the molecule is CCNC(=NCc1ccc(C)cc1OCC1CC1)NCC(C)CN1CCN(CC)CC1.I. The van der Waals surface area contributed by atoms with Gasteiger partial charge in [-0.3, -0.25) is 0 Å². The van der Waals surface area contributed by atoms with Crippen molar-refractivity contribution in [1.29, 1.82) is 0 Å². The number of likely N-dealkylation sites (N-methyl/N-ethyl adjacent to an activating group) is 1. The molecule has 2 N–H and O–H groups in total. The Labute approximate surface area is 212 Å². The van der Waals surface area contributed by atoms with E-state index in [-0.39, 0.29) is 24.0 Å². The maximum absolute atomic E-state index is 6.11. The van der Waals surface area contributed by atoms with Crippen LogP contribution in [0.1, 0.15) is 44.7 Å². The molecular weight excluding hydrogens is 513 g/mol. The average Bonchev–Trinajstić information content (AvgIpc) is 3.60. The number of aryl methyl sites for hydroxylation is 1. The second-order valence-electron chi connectivity index (χ2n) is 9.28. The Kier molecular flexibility index (Phi) is 12.1. The molecule has 6 nitrogen and oxygen atoms in total. The van der Waals surface area contributed by atoms with Crippen LogP contribution in [0.25, 0.3) is 0 Å². The first-order valence-electron chi connectivity index (χ1n) is 12.3. The van der Waals surface area contributed by atoms with Crippen LogP contribution in [0.5, 0.6) is 5.75 Å². The standard InChI is InChI=1S/C25H43N5O.HI/c1-5-26-25(27-16-21(4)18-30-13-11-29(6-2)12-14-30)28-17-23-10-7-20(3)15-24(23)31-19-22-8-9-22;/h7,10,15,21-22H,5-6,8-9,11-14,16-19H2,1-4H3,(H2,26,27,28);1H. The second-order valence-corrected chi connectivity index (χ2v) is 9.28. The highest BCUT2D eigenvalue weighted by Gasteiger charge is 2.22. The molecule has 0 spiro atoms. The van der Waals surface area contributed by atoms with E-state index in [0.717, 1.165) is 49.4 Å². The zero-order chi connectivity index (χ0) is 22.1. The Morgan fingerprint density at radius 1 is 1.12 bits per heavy atom. The van der Waals surface area contributed by atoms with Gasteiger partial charge in [-0.2, -0.15) is 0 Å². The lowest BCUT2D eigenvalue weighted by molar-refractivity contribution is 0.124. The van der Waals surface area contributed by atoms with Crippen LogP contribution < -0.4 is 15.4 Å². The molecule has 1 aliphatic carbocycles. The van der Waals surface area contributed by atoms with Gasteiger partial charge in [0.2, 0.25) is 0 Å². The van der Waals surface area contributed by atoms with Crippen molar-refractivity contribution in [3.05, 3.63) is 29.3 Å². The summed E-state index contributed by atoms with van der Waals surface area (Å²) in [4.78, 5) is 9.98. The molecule has 3 rings (SSSR count). The fourth-order valence-electron chi connectivity index (χ4n) is 3.99. The fraction of sp³-hybridized carbons (Fsp3) is 0.720. The van der Waals surface area contributed by atoms with Gasteiger partial charge < -0.3 is 25.2 Å². The lowest BCUT2D eigenvalue weighted by Crippen LogP contribution is -2.48. The highest BCUT2D eigenvalue weighted by atomic mass is 127. The summed E-state index contributed by atoms with van der Waals surface area (Å²) >= 11 is 0. The molecule has 1 unspecified atom stereocenters. The number of halogens is 1. The Hall–Kier alpha value is -1.06. The normalized spacial score (nSPS) is 18.7. The van der Waals surface area contributed by atoms with Gasteiger partial charge in [-0.1, -0.05) is 26.0 Å². The number of nitrogens with one attached hydrogen (secondary N) is 2. The van der Waals surface area contributed by atoms with E-state index in [4.69, 9.17) is 9.73 Å². The van der Waals surface area contributed by atoms with Crippen molar-refractivity contribution in [2.75, 3.05) is 59.0 Å². The molecule has 32 heavy (non-hydrogen) atoms. The lowest BCUT2D eigenvalue weighted by atomic mass is 10.1. The van der Waals surface area contributed by atoms with Gasteiger partial charge in [0.15, 0.2) is 5.96 Å². The first-order chi connectivity index (χ1) is 15.1. The zero-order valence-electron chi connectivity index (χ0n) is 20.5. The van der Waals surface area contributed by atoms with Crippen molar-refractivity contribution in [3.8, 4) is 5.75 Å². The summed E-state index contributed by atoms with van der Waals surface area (Å²) in [6, 6.07) is 6.45. The van der Waals surface area contributed by atoms with Gasteiger partial charge in [-0.25, -0.2) is 4.99 Å². The average molecular weight is 558 g/mol. The molecule has 1 aliphatic heterocycles. The minimum atomic E-state index is 0. The quantitative estimate of drug-likeness (QED) is 0.247. The monoisotopic (exact) mass is 557 g/mol. The molecule has 0 radical (unpaired) electrons. The fourth-order valence-corrected chi connectivity index (χ4v) is 3.99. The van der Waals surface area contributed by atoms with Gasteiger partial charge in [0.05, 0.1) is 13.2 Å². The van der Waals surface area contributed by atoms with Crippen LogP contribution in [0.15, 0.2) is 23.2 Å². The summed E-state index contributed by atoms with van der Waals surface area (Å²) in [6.45, 7) is 19.1. The van der Waals surface area contributed by atoms with Gasteiger partial charge in [-0.05, 0) is 56.7 Å². The maximum atomic E-state index is 6.11. The number of ether oxygens (including phenoxy) is 1. The summed E-state index contributed by atoms with van der Waals surface area (Å²) in [5, 5.41) is 6.95. The van der Waals surface area contributed by atoms with E-state index in [1.165, 1.54) is 51.1 Å². The van der Waals surface area contributed by atoms with Gasteiger partial charge in [0, 0.05) is 51.4 Å². The van der Waals surface area contributed by atoms with Crippen molar-refractivity contribution >= 4 is 29.9 Å². The Balaban J connectivity index is 0.00000363. The van der Waals surface area contributed by atoms with Crippen LogP contribution in [0.4, 0.5) is 0 Å². The molecule has 7 heteroatoms. The number of nitrogens with zero attached hydrogens (tertiary/aromatic N) is 3. The number of guanidine groups is 1. The summed E-state index contributed by atoms with van der Waals surface area (Å²) in [6.07, 6.45) is 2.61. The van der Waals surface area contributed by atoms with E-state index in [9.17, 15) is 0 Å². The van der Waals surface area contributed by atoms with E-state index >= 15 is 0 Å². The molecule has 1 heterocycles. The number of rotatable bonds is 11. The van der Waals surface area contributed by atoms with Crippen LogP contribution >= 0.6 is 24.0 Å². The van der Waals surface area contributed by atoms with E-state index in [1.54, 1.807) is 0 Å². The Bertz CT molecular complexity index is 702. The van der Waals surface area contributed by atoms with Crippen LogP contribution in [0.2, 0.25) is 0 Å². The molecule has 0 aromatic heterocycles. The molecule has 1 saturated heterocycles. The zero-order valence-corrected chi connectivity index (χ0v) is 22.9. The first-order valence-corrected chi connectivity index (χ1v) is 12.3. The van der Waals surface area contributed by atoms with Gasteiger partial charge in [0.25, 0.3) is 0 Å². The van der Waals surface area contributed by atoms with Crippen LogP contribution in [-0.2, 0) is 6.54 Å². The predicted molar refractivity (Wildman–Crippen MR) is 145 cm³/mol. The number of aliphatic imine (C=N–C) groups is 1. The van der Waals surface area contributed by atoms with E-state index in [2.05, 4.69) is 66.3 Å².